The van der Waals surface area contributed by atoms with Gasteiger partial charge in [0.25, 0.3) is 5.91 Å². The van der Waals surface area contributed by atoms with Gasteiger partial charge in [0.05, 0.1) is 17.6 Å². The molecule has 0 aromatic carbocycles. The normalized spacial score (nSPS) is 14.7. The Balaban J connectivity index is 3.01. The zero-order valence-electron chi connectivity index (χ0n) is 10.7. The lowest BCUT2D eigenvalue weighted by Gasteiger charge is -2.27. The van der Waals surface area contributed by atoms with Gasteiger partial charge >= 0.3 is 6.18 Å². The second kappa shape index (κ2) is 5.04. The van der Waals surface area contributed by atoms with Gasteiger partial charge in [-0.1, -0.05) is 0 Å². The van der Waals surface area contributed by atoms with E-state index >= 15 is 0 Å². The molecule has 1 amide bonds. The second-order valence-corrected chi connectivity index (χ2v) is 4.44. The average molecular weight is 276 g/mol. The van der Waals surface area contributed by atoms with Crippen LogP contribution in [0.5, 0.6) is 0 Å². The number of alkyl halides is 3. The fourth-order valence-corrected chi connectivity index (χ4v) is 1.25. The van der Waals surface area contributed by atoms with E-state index in [0.717, 1.165) is 0 Å². The molecule has 1 heterocycles. The molecule has 0 saturated heterocycles. The number of rotatable bonds is 3. The highest BCUT2D eigenvalue weighted by molar-refractivity contribution is 6.00. The van der Waals surface area contributed by atoms with Crippen molar-refractivity contribution in [2.75, 3.05) is 24.3 Å². The van der Waals surface area contributed by atoms with E-state index in [1.807, 2.05) is 0 Å². The summed E-state index contributed by atoms with van der Waals surface area (Å²) in [4.78, 5) is 17.1. The molecule has 0 spiro atoms. The Morgan fingerprint density at radius 3 is 2.47 bits per heavy atom. The summed E-state index contributed by atoms with van der Waals surface area (Å²) in [7, 11) is 3.38. The van der Waals surface area contributed by atoms with Crippen LogP contribution in [-0.4, -0.2) is 36.7 Å². The van der Waals surface area contributed by atoms with Crippen LogP contribution in [0, 0.1) is 0 Å². The summed E-state index contributed by atoms with van der Waals surface area (Å²) < 4.78 is 37.9. The number of nitrogens with zero attached hydrogens (tertiary/aromatic N) is 2. The number of carbonyl (C=O) groups is 1. The van der Waals surface area contributed by atoms with Crippen LogP contribution in [0.2, 0.25) is 0 Å². The van der Waals surface area contributed by atoms with Gasteiger partial charge in [0.1, 0.15) is 0 Å². The highest BCUT2D eigenvalue weighted by atomic mass is 19.4. The molecule has 5 nitrogen and oxygen atoms in total. The molecule has 1 unspecified atom stereocenters. The molecule has 1 aromatic rings. The molecule has 106 valence electrons. The maximum Gasteiger partial charge on any atom is 0.415 e. The summed E-state index contributed by atoms with van der Waals surface area (Å²) in [5.41, 5.74) is 2.77. The van der Waals surface area contributed by atoms with E-state index in [0.29, 0.717) is 12.6 Å². The minimum atomic E-state index is -4.84. The Hall–Kier alpha value is -1.83. The van der Waals surface area contributed by atoms with Crippen molar-refractivity contribution in [3.63, 3.8) is 0 Å². The quantitative estimate of drug-likeness (QED) is 0.874. The number of pyridine rings is 1. The summed E-state index contributed by atoms with van der Waals surface area (Å²) in [6.45, 7) is 0.619. The summed E-state index contributed by atoms with van der Waals surface area (Å²) in [6, 6.07) is 1.57. The average Bonchev–Trinajstić information content (AvgIpc) is 2.27. The van der Waals surface area contributed by atoms with E-state index < -0.39 is 17.6 Å². The minimum absolute atomic E-state index is 0.165. The molecule has 0 fully saturated rings. The lowest BCUT2D eigenvalue weighted by molar-refractivity contribution is -0.184. The topological polar surface area (TPSA) is 71.2 Å². The summed E-state index contributed by atoms with van der Waals surface area (Å²) in [6.07, 6.45) is -2.10. The summed E-state index contributed by atoms with van der Waals surface area (Å²) in [5.74, 6) is -1.34. The largest absolute Gasteiger partial charge is 0.415 e. The number of nitrogens with one attached hydrogen (secondary N) is 1. The van der Waals surface area contributed by atoms with Crippen LogP contribution >= 0.6 is 0 Å². The van der Waals surface area contributed by atoms with Gasteiger partial charge < -0.3 is 16.0 Å². The zero-order chi connectivity index (χ0) is 14.8. The zero-order valence-corrected chi connectivity index (χ0v) is 10.7. The van der Waals surface area contributed by atoms with E-state index in [9.17, 15) is 18.0 Å². The number of anilines is 2. The van der Waals surface area contributed by atoms with Crippen LogP contribution in [0.1, 0.15) is 6.92 Å². The van der Waals surface area contributed by atoms with Gasteiger partial charge in [-0.05, 0) is 13.0 Å². The number of carbonyl (C=O) groups excluding carboxylic acids is 1. The van der Waals surface area contributed by atoms with Crippen molar-refractivity contribution in [3.05, 3.63) is 18.5 Å². The Morgan fingerprint density at radius 2 is 2.00 bits per heavy atom. The molecular formula is C11H15F3N4O. The first-order valence-electron chi connectivity index (χ1n) is 5.35. The van der Waals surface area contributed by atoms with Gasteiger partial charge in [-0.15, -0.1) is 0 Å². The predicted molar refractivity (Wildman–Crippen MR) is 65.8 cm³/mol. The number of nitrogens with two attached hydrogens (primary N) is 1. The minimum Gasteiger partial charge on any atom is -0.376 e. The second-order valence-electron chi connectivity index (χ2n) is 4.44. The Bertz CT molecular complexity index is 471. The van der Waals surface area contributed by atoms with Crippen molar-refractivity contribution < 1.29 is 18.0 Å². The third kappa shape index (κ3) is 3.14. The summed E-state index contributed by atoms with van der Waals surface area (Å²) >= 11 is 0. The number of amides is 1. The lowest BCUT2D eigenvalue weighted by Crippen LogP contribution is -2.59. The van der Waals surface area contributed by atoms with Gasteiger partial charge in [-0.2, -0.15) is 13.2 Å². The number of aromatic nitrogens is 1. The smallest absolute Gasteiger partial charge is 0.376 e. The molecule has 1 rings (SSSR count). The van der Waals surface area contributed by atoms with Crippen LogP contribution in [0.4, 0.5) is 24.5 Å². The van der Waals surface area contributed by atoms with Gasteiger partial charge in [-0.25, -0.2) is 0 Å². The fraction of sp³-hybridized carbons (Fsp3) is 0.455. The van der Waals surface area contributed by atoms with Crippen LogP contribution in [0.15, 0.2) is 18.5 Å². The maximum atomic E-state index is 12.6. The highest BCUT2D eigenvalue weighted by Crippen LogP contribution is 2.30. The first kappa shape index (κ1) is 15.2. The Labute approximate surface area is 108 Å². The third-order valence-electron chi connectivity index (χ3n) is 2.59. The van der Waals surface area contributed by atoms with Gasteiger partial charge in [0.15, 0.2) is 5.54 Å². The highest BCUT2D eigenvalue weighted by Gasteiger charge is 2.54. The van der Waals surface area contributed by atoms with E-state index in [4.69, 9.17) is 5.73 Å². The van der Waals surface area contributed by atoms with Crippen LogP contribution in [-0.2, 0) is 4.79 Å². The molecule has 0 bridgehead atoms. The van der Waals surface area contributed by atoms with E-state index in [1.165, 1.54) is 12.4 Å². The summed E-state index contributed by atoms with van der Waals surface area (Å²) in [5, 5.41) is 2.15. The first-order valence-corrected chi connectivity index (χ1v) is 5.35. The predicted octanol–water partition coefficient (Wildman–Crippen LogP) is 1.37. The number of halogens is 3. The molecule has 1 aromatic heterocycles. The molecule has 3 N–H and O–H groups in total. The monoisotopic (exact) mass is 276 g/mol. The molecule has 0 aliphatic carbocycles. The molecule has 19 heavy (non-hydrogen) atoms. The van der Waals surface area contributed by atoms with Crippen molar-refractivity contribution in [1.29, 1.82) is 0 Å². The molecule has 0 aliphatic rings. The number of hydrogen-bond acceptors (Lipinski definition) is 4. The van der Waals surface area contributed by atoms with Gasteiger partial charge in [-0.3, -0.25) is 9.78 Å². The Morgan fingerprint density at radius 1 is 1.42 bits per heavy atom. The van der Waals surface area contributed by atoms with E-state index in [2.05, 4.69) is 10.3 Å². The molecular weight excluding hydrogens is 261 g/mol. The Kier molecular flexibility index (Phi) is 4.04. The lowest BCUT2D eigenvalue weighted by atomic mass is 10.0. The van der Waals surface area contributed by atoms with Crippen LogP contribution in [0.3, 0.4) is 0 Å². The third-order valence-corrected chi connectivity index (χ3v) is 2.59. The van der Waals surface area contributed by atoms with Crippen LogP contribution < -0.4 is 16.0 Å². The van der Waals surface area contributed by atoms with Crippen molar-refractivity contribution in [3.8, 4) is 0 Å². The van der Waals surface area contributed by atoms with E-state index in [1.54, 1.807) is 25.1 Å². The number of hydrogen-bond donors (Lipinski definition) is 2. The maximum absolute atomic E-state index is 12.6. The van der Waals surface area contributed by atoms with Gasteiger partial charge in [0.2, 0.25) is 0 Å². The SMILES string of the molecule is CN(C)c1ccncc1NC(=O)C(C)(N)C(F)(F)F. The van der Waals surface area contributed by atoms with Crippen molar-refractivity contribution in [2.24, 2.45) is 5.73 Å². The van der Waals surface area contributed by atoms with E-state index in [-0.39, 0.29) is 5.69 Å². The standard InChI is InChI=1S/C11H15F3N4O/c1-10(15,11(12,13)14)9(19)17-7-6-16-5-4-8(7)18(2)3/h4-6H,15H2,1-3H3,(H,17,19). The first-order chi connectivity index (χ1) is 8.57. The molecule has 1 atom stereocenters. The van der Waals surface area contributed by atoms with Gasteiger partial charge in [0, 0.05) is 20.3 Å². The molecule has 0 radical (unpaired) electrons. The van der Waals surface area contributed by atoms with Crippen molar-refractivity contribution in [2.45, 2.75) is 18.6 Å². The van der Waals surface area contributed by atoms with Crippen molar-refractivity contribution >= 4 is 17.3 Å². The molecule has 8 heteroatoms. The fourth-order valence-electron chi connectivity index (χ4n) is 1.25. The van der Waals surface area contributed by atoms with Crippen LogP contribution in [0.25, 0.3) is 0 Å². The molecule has 0 aliphatic heterocycles. The van der Waals surface area contributed by atoms with Crippen molar-refractivity contribution in [1.82, 2.24) is 4.98 Å². The molecule has 0 saturated carbocycles.